The predicted molar refractivity (Wildman–Crippen MR) is 62.9 cm³/mol. The minimum atomic E-state index is 0.0630. The Kier molecular flexibility index (Phi) is 3.14. The van der Waals surface area contributed by atoms with E-state index in [-0.39, 0.29) is 6.04 Å². The summed E-state index contributed by atoms with van der Waals surface area (Å²) in [6, 6.07) is 0.0630. The van der Waals surface area contributed by atoms with E-state index in [1.165, 1.54) is 4.88 Å². The molecule has 2 rings (SSSR count). The number of aryl methyl sites for hydroxylation is 1. The van der Waals surface area contributed by atoms with Gasteiger partial charge < -0.3 is 4.57 Å². The maximum absolute atomic E-state index is 10.8. The van der Waals surface area contributed by atoms with Crippen molar-refractivity contribution in [1.82, 2.24) is 14.5 Å². The van der Waals surface area contributed by atoms with Gasteiger partial charge >= 0.3 is 0 Å². The number of aldehydes is 1. The molecular formula is C11H13N3OS. The van der Waals surface area contributed by atoms with Crippen molar-refractivity contribution in [2.45, 2.75) is 26.3 Å². The summed E-state index contributed by atoms with van der Waals surface area (Å²) in [5.74, 6) is 0. The highest BCUT2D eigenvalue weighted by Gasteiger charge is 2.14. The molecule has 2 heterocycles. The normalized spacial score (nSPS) is 12.6. The van der Waals surface area contributed by atoms with Crippen LogP contribution in [0.25, 0.3) is 0 Å². The van der Waals surface area contributed by atoms with Gasteiger partial charge in [-0.25, -0.2) is 9.97 Å². The largest absolute Gasteiger partial charge is 0.319 e. The van der Waals surface area contributed by atoms with Crippen molar-refractivity contribution in [2.24, 2.45) is 0 Å². The third-order valence-corrected chi connectivity index (χ3v) is 3.82. The van der Waals surface area contributed by atoms with Crippen molar-refractivity contribution in [3.05, 3.63) is 34.3 Å². The zero-order valence-electron chi connectivity index (χ0n) is 9.25. The van der Waals surface area contributed by atoms with Crippen molar-refractivity contribution in [3.63, 3.8) is 0 Å². The van der Waals surface area contributed by atoms with Crippen LogP contribution in [0.2, 0.25) is 0 Å². The zero-order valence-corrected chi connectivity index (χ0v) is 10.1. The van der Waals surface area contributed by atoms with E-state index in [0.29, 0.717) is 5.69 Å². The molecule has 0 aliphatic heterocycles. The fourth-order valence-corrected chi connectivity index (χ4v) is 2.44. The lowest BCUT2D eigenvalue weighted by Gasteiger charge is -2.11. The number of thiazole rings is 1. The highest BCUT2D eigenvalue weighted by molar-refractivity contribution is 7.11. The summed E-state index contributed by atoms with van der Waals surface area (Å²) in [5.41, 5.74) is 0.584. The molecule has 0 saturated carbocycles. The number of imidazole rings is 1. The van der Waals surface area contributed by atoms with Crippen molar-refractivity contribution < 1.29 is 4.79 Å². The molecule has 2 aromatic rings. The van der Waals surface area contributed by atoms with Gasteiger partial charge in [-0.1, -0.05) is 6.92 Å². The summed E-state index contributed by atoms with van der Waals surface area (Å²) in [7, 11) is 0. The van der Waals surface area contributed by atoms with Crippen LogP contribution in [0, 0.1) is 0 Å². The number of rotatable bonds is 4. The molecule has 0 aromatic carbocycles. The fraction of sp³-hybridized carbons (Fsp3) is 0.364. The zero-order chi connectivity index (χ0) is 11.5. The lowest BCUT2D eigenvalue weighted by atomic mass is 10.3. The quantitative estimate of drug-likeness (QED) is 0.764. The van der Waals surface area contributed by atoms with E-state index >= 15 is 0 Å². The van der Waals surface area contributed by atoms with Crippen molar-refractivity contribution in [3.8, 4) is 0 Å². The monoisotopic (exact) mass is 235 g/mol. The van der Waals surface area contributed by atoms with Crippen LogP contribution < -0.4 is 0 Å². The molecule has 84 valence electrons. The van der Waals surface area contributed by atoms with Gasteiger partial charge in [0, 0.05) is 11.1 Å². The summed E-state index contributed by atoms with van der Waals surface area (Å²) < 4.78 is 1.84. The molecule has 1 atom stereocenters. The van der Waals surface area contributed by atoms with Crippen molar-refractivity contribution in [1.29, 1.82) is 0 Å². The lowest BCUT2D eigenvalue weighted by molar-refractivity contribution is 0.111. The molecule has 5 heteroatoms. The SMILES string of the molecule is CCc1cnc(C(C)n2cncc2C=O)s1. The molecule has 1 unspecified atom stereocenters. The Hall–Kier alpha value is -1.49. The minimum Gasteiger partial charge on any atom is -0.319 e. The number of aromatic nitrogens is 3. The van der Waals surface area contributed by atoms with Gasteiger partial charge in [0.2, 0.25) is 0 Å². The standard InChI is InChI=1S/C11H13N3OS/c1-3-10-5-13-11(16-10)8(2)14-7-12-4-9(14)6-15/h4-8H,3H2,1-2H3. The molecule has 0 amide bonds. The first kappa shape index (κ1) is 11.0. The van der Waals surface area contributed by atoms with Gasteiger partial charge in [0.15, 0.2) is 6.29 Å². The first-order valence-corrected chi connectivity index (χ1v) is 5.99. The van der Waals surface area contributed by atoms with Gasteiger partial charge in [0.1, 0.15) is 10.7 Å². The summed E-state index contributed by atoms with van der Waals surface area (Å²) in [6.45, 7) is 4.13. The van der Waals surface area contributed by atoms with Gasteiger partial charge in [-0.05, 0) is 13.3 Å². The third kappa shape index (κ3) is 1.90. The van der Waals surface area contributed by atoms with Crippen LogP contribution >= 0.6 is 11.3 Å². The Morgan fingerprint density at radius 3 is 3.00 bits per heavy atom. The summed E-state index contributed by atoms with van der Waals surface area (Å²) >= 11 is 1.68. The van der Waals surface area contributed by atoms with Gasteiger partial charge in [-0.3, -0.25) is 4.79 Å². The molecule has 0 aliphatic carbocycles. The molecule has 0 saturated heterocycles. The Balaban J connectivity index is 2.31. The number of carbonyl (C=O) groups excluding carboxylic acids is 1. The molecule has 0 aliphatic rings. The second-order valence-corrected chi connectivity index (χ2v) is 4.68. The maximum Gasteiger partial charge on any atom is 0.168 e. The smallest absolute Gasteiger partial charge is 0.168 e. The van der Waals surface area contributed by atoms with Gasteiger partial charge in [-0.2, -0.15) is 0 Å². The lowest BCUT2D eigenvalue weighted by Crippen LogP contribution is -2.08. The first-order chi connectivity index (χ1) is 7.76. The molecular weight excluding hydrogens is 222 g/mol. The van der Waals surface area contributed by atoms with Crippen LogP contribution in [0.15, 0.2) is 18.7 Å². The first-order valence-electron chi connectivity index (χ1n) is 5.17. The Morgan fingerprint density at radius 2 is 2.38 bits per heavy atom. The Labute approximate surface area is 98.0 Å². The number of nitrogens with zero attached hydrogens (tertiary/aromatic N) is 3. The van der Waals surface area contributed by atoms with Crippen LogP contribution in [0.4, 0.5) is 0 Å². The van der Waals surface area contributed by atoms with Crippen LogP contribution in [0.3, 0.4) is 0 Å². The van der Waals surface area contributed by atoms with E-state index < -0.39 is 0 Å². The van der Waals surface area contributed by atoms with E-state index in [1.807, 2.05) is 17.7 Å². The second-order valence-electron chi connectivity index (χ2n) is 3.54. The van der Waals surface area contributed by atoms with E-state index in [2.05, 4.69) is 16.9 Å². The summed E-state index contributed by atoms with van der Waals surface area (Å²) in [6.07, 6.45) is 6.94. The highest BCUT2D eigenvalue weighted by Crippen LogP contribution is 2.24. The van der Waals surface area contributed by atoms with Crippen LogP contribution in [-0.4, -0.2) is 20.8 Å². The average molecular weight is 235 g/mol. The van der Waals surface area contributed by atoms with E-state index in [4.69, 9.17) is 0 Å². The van der Waals surface area contributed by atoms with Gasteiger partial charge in [0.25, 0.3) is 0 Å². The number of carbonyl (C=O) groups is 1. The van der Waals surface area contributed by atoms with Crippen molar-refractivity contribution >= 4 is 17.6 Å². The van der Waals surface area contributed by atoms with E-state index in [0.717, 1.165) is 17.7 Å². The van der Waals surface area contributed by atoms with Crippen LogP contribution in [0.5, 0.6) is 0 Å². The molecule has 0 bridgehead atoms. The number of hydrogen-bond acceptors (Lipinski definition) is 4. The molecule has 2 aromatic heterocycles. The Bertz CT molecular complexity index is 489. The van der Waals surface area contributed by atoms with Gasteiger partial charge in [-0.15, -0.1) is 11.3 Å². The van der Waals surface area contributed by atoms with Crippen LogP contribution in [-0.2, 0) is 6.42 Å². The summed E-state index contributed by atoms with van der Waals surface area (Å²) in [5, 5.41) is 1.01. The predicted octanol–water partition coefficient (Wildman–Crippen LogP) is 2.32. The topological polar surface area (TPSA) is 47.8 Å². The van der Waals surface area contributed by atoms with Crippen LogP contribution in [0.1, 0.15) is 40.3 Å². The van der Waals surface area contributed by atoms with Gasteiger partial charge in [0.05, 0.1) is 18.6 Å². The number of hydrogen-bond donors (Lipinski definition) is 0. The molecule has 0 radical (unpaired) electrons. The molecule has 16 heavy (non-hydrogen) atoms. The maximum atomic E-state index is 10.8. The van der Waals surface area contributed by atoms with E-state index in [1.54, 1.807) is 23.9 Å². The Morgan fingerprint density at radius 1 is 1.56 bits per heavy atom. The molecule has 0 spiro atoms. The third-order valence-electron chi connectivity index (χ3n) is 2.51. The molecule has 4 nitrogen and oxygen atoms in total. The van der Waals surface area contributed by atoms with Crippen molar-refractivity contribution in [2.75, 3.05) is 0 Å². The molecule has 0 fully saturated rings. The van der Waals surface area contributed by atoms with E-state index in [9.17, 15) is 4.79 Å². The summed E-state index contributed by atoms with van der Waals surface area (Å²) in [4.78, 5) is 20.4. The fourth-order valence-electron chi connectivity index (χ4n) is 1.53. The molecule has 0 N–H and O–H groups in total. The minimum absolute atomic E-state index is 0.0630. The second kappa shape index (κ2) is 4.57. The average Bonchev–Trinajstić information content (AvgIpc) is 2.96. The highest BCUT2D eigenvalue weighted by atomic mass is 32.1.